The number of para-hydroxylation sites is 1. The number of nitrogens with zero attached hydrogens (tertiary/aromatic N) is 2. The zero-order valence-electron chi connectivity index (χ0n) is 10.6. The summed E-state index contributed by atoms with van der Waals surface area (Å²) in [5, 5.41) is 19.5. The first-order valence-electron chi connectivity index (χ1n) is 5.96. The van der Waals surface area contributed by atoms with Gasteiger partial charge in [-0.1, -0.05) is 18.2 Å². The third kappa shape index (κ3) is 5.54. The van der Waals surface area contributed by atoms with Gasteiger partial charge in [0.2, 0.25) is 0 Å². The molecular weight excluding hydrogens is 277 g/mol. The number of hydrogen-bond donors (Lipinski definition) is 1. The van der Waals surface area contributed by atoms with Crippen LogP contribution in [0.2, 0.25) is 0 Å². The molecule has 1 rings (SSSR count). The Labute approximate surface area is 113 Å². The molecule has 1 N–H and O–H groups in total. The number of rotatable bonds is 7. The van der Waals surface area contributed by atoms with Crippen LogP contribution in [0.5, 0.6) is 0 Å². The highest BCUT2D eigenvalue weighted by Gasteiger charge is 2.30. The van der Waals surface area contributed by atoms with Crippen LogP contribution in [0.3, 0.4) is 0 Å². The lowest BCUT2D eigenvalue weighted by Gasteiger charge is -2.22. The van der Waals surface area contributed by atoms with E-state index in [4.69, 9.17) is 5.11 Å². The van der Waals surface area contributed by atoms with Crippen LogP contribution in [0, 0.1) is 10.1 Å². The van der Waals surface area contributed by atoms with Gasteiger partial charge in [-0.15, -0.1) is 0 Å². The summed E-state index contributed by atoms with van der Waals surface area (Å²) in [5.74, 6) is 0. The zero-order chi connectivity index (χ0) is 15.2. The third-order valence-electron chi connectivity index (χ3n) is 2.70. The quantitative estimate of drug-likeness (QED) is 0.616. The van der Waals surface area contributed by atoms with Crippen molar-refractivity contribution in [3.63, 3.8) is 0 Å². The molecule has 0 saturated heterocycles. The third-order valence-corrected chi connectivity index (χ3v) is 2.70. The van der Waals surface area contributed by atoms with Gasteiger partial charge in [-0.3, -0.25) is 15.0 Å². The van der Waals surface area contributed by atoms with Crippen molar-refractivity contribution < 1.29 is 23.2 Å². The first kappa shape index (κ1) is 16.4. The Morgan fingerprint density at radius 1 is 1.25 bits per heavy atom. The molecule has 0 aromatic heterocycles. The van der Waals surface area contributed by atoms with Gasteiger partial charge in [0.1, 0.15) is 0 Å². The molecule has 0 radical (unpaired) electrons. The Morgan fingerprint density at radius 2 is 1.90 bits per heavy atom. The normalized spacial score (nSPS) is 11.8. The number of aliphatic hydroxyl groups excluding tert-OH is 1. The van der Waals surface area contributed by atoms with Gasteiger partial charge in [0, 0.05) is 24.7 Å². The van der Waals surface area contributed by atoms with Gasteiger partial charge < -0.3 is 5.11 Å². The Bertz CT molecular complexity index is 452. The van der Waals surface area contributed by atoms with Gasteiger partial charge >= 0.3 is 6.18 Å². The molecule has 0 aliphatic rings. The fourth-order valence-corrected chi connectivity index (χ4v) is 1.84. The van der Waals surface area contributed by atoms with Crippen molar-refractivity contribution in [3.8, 4) is 0 Å². The van der Waals surface area contributed by atoms with E-state index in [1.54, 1.807) is 6.07 Å². The van der Waals surface area contributed by atoms with Crippen LogP contribution < -0.4 is 0 Å². The second-order valence-corrected chi connectivity index (χ2v) is 4.25. The van der Waals surface area contributed by atoms with Crippen molar-refractivity contribution in [2.75, 3.05) is 26.2 Å². The average Bonchev–Trinajstić information content (AvgIpc) is 2.34. The van der Waals surface area contributed by atoms with Crippen LogP contribution in [-0.4, -0.2) is 47.3 Å². The van der Waals surface area contributed by atoms with Crippen LogP contribution in [-0.2, 0) is 6.42 Å². The molecule has 0 saturated carbocycles. The predicted molar refractivity (Wildman–Crippen MR) is 66.4 cm³/mol. The lowest BCUT2D eigenvalue weighted by Crippen LogP contribution is -2.37. The Balaban J connectivity index is 2.70. The maximum Gasteiger partial charge on any atom is 0.401 e. The van der Waals surface area contributed by atoms with Crippen molar-refractivity contribution in [2.45, 2.75) is 12.6 Å². The molecule has 1 aromatic carbocycles. The maximum atomic E-state index is 12.3. The van der Waals surface area contributed by atoms with Crippen LogP contribution in [0.25, 0.3) is 0 Å². The highest BCUT2D eigenvalue weighted by Crippen LogP contribution is 2.20. The molecule has 0 spiro atoms. The van der Waals surface area contributed by atoms with Crippen LogP contribution in [0.1, 0.15) is 5.56 Å². The minimum absolute atomic E-state index is 0.00900. The van der Waals surface area contributed by atoms with Crippen molar-refractivity contribution in [1.82, 2.24) is 4.90 Å². The maximum absolute atomic E-state index is 12.3. The minimum atomic E-state index is -4.36. The highest BCUT2D eigenvalue weighted by molar-refractivity contribution is 5.39. The summed E-state index contributed by atoms with van der Waals surface area (Å²) in [6, 6.07) is 5.93. The zero-order valence-corrected chi connectivity index (χ0v) is 10.6. The number of benzene rings is 1. The molecule has 0 fully saturated rings. The van der Waals surface area contributed by atoms with Crippen molar-refractivity contribution in [3.05, 3.63) is 39.9 Å². The van der Waals surface area contributed by atoms with Gasteiger partial charge in [-0.2, -0.15) is 13.2 Å². The van der Waals surface area contributed by atoms with Crippen molar-refractivity contribution in [1.29, 1.82) is 0 Å². The molecular formula is C12H15F3N2O3. The highest BCUT2D eigenvalue weighted by atomic mass is 19.4. The fraction of sp³-hybridized carbons (Fsp3) is 0.500. The summed E-state index contributed by atoms with van der Waals surface area (Å²) in [6.45, 7) is -1.67. The lowest BCUT2D eigenvalue weighted by molar-refractivity contribution is -0.385. The minimum Gasteiger partial charge on any atom is -0.395 e. The molecule has 0 bridgehead atoms. The van der Waals surface area contributed by atoms with Gasteiger partial charge in [0.25, 0.3) is 5.69 Å². The van der Waals surface area contributed by atoms with E-state index in [1.807, 2.05) is 0 Å². The molecule has 0 unspecified atom stereocenters. The van der Waals surface area contributed by atoms with E-state index >= 15 is 0 Å². The second-order valence-electron chi connectivity index (χ2n) is 4.25. The van der Waals surface area contributed by atoms with Gasteiger partial charge in [0.05, 0.1) is 18.1 Å². The standard InChI is InChI=1S/C12H15F3N2O3/c13-12(14,15)9-16(7-8-18)6-5-10-3-1-2-4-11(10)17(19)20/h1-4,18H,5-9H2. The van der Waals surface area contributed by atoms with E-state index in [-0.39, 0.29) is 25.2 Å². The topological polar surface area (TPSA) is 66.6 Å². The number of halogens is 3. The number of nitro groups is 1. The van der Waals surface area contributed by atoms with Crippen LogP contribution in [0.4, 0.5) is 18.9 Å². The number of aliphatic hydroxyl groups is 1. The molecule has 5 nitrogen and oxygen atoms in total. The van der Waals surface area contributed by atoms with E-state index in [9.17, 15) is 23.3 Å². The second kappa shape index (κ2) is 7.20. The summed E-state index contributed by atoms with van der Waals surface area (Å²) in [5.41, 5.74) is 0.270. The fourth-order valence-electron chi connectivity index (χ4n) is 1.84. The summed E-state index contributed by atoms with van der Waals surface area (Å²) in [6.07, 6.45) is -4.25. The number of hydrogen-bond acceptors (Lipinski definition) is 4. The smallest absolute Gasteiger partial charge is 0.395 e. The first-order valence-corrected chi connectivity index (χ1v) is 5.96. The van der Waals surface area contributed by atoms with E-state index < -0.39 is 24.3 Å². The van der Waals surface area contributed by atoms with Gasteiger partial charge in [-0.05, 0) is 6.42 Å². The Morgan fingerprint density at radius 3 is 2.45 bits per heavy atom. The summed E-state index contributed by atoms with van der Waals surface area (Å²) >= 11 is 0. The Hall–Kier alpha value is -1.67. The molecule has 8 heteroatoms. The molecule has 0 aliphatic carbocycles. The number of nitro benzene ring substituents is 1. The van der Waals surface area contributed by atoms with Gasteiger partial charge in [-0.25, -0.2) is 0 Å². The average molecular weight is 292 g/mol. The number of alkyl halides is 3. The summed E-state index contributed by atoms with van der Waals surface area (Å²) in [7, 11) is 0. The van der Waals surface area contributed by atoms with E-state index in [0.717, 1.165) is 4.90 Å². The largest absolute Gasteiger partial charge is 0.401 e. The van der Waals surface area contributed by atoms with Crippen LogP contribution >= 0.6 is 0 Å². The van der Waals surface area contributed by atoms with Crippen LogP contribution in [0.15, 0.2) is 24.3 Å². The molecule has 0 aliphatic heterocycles. The predicted octanol–water partition coefficient (Wildman–Crippen LogP) is 1.99. The Kier molecular flexibility index (Phi) is 5.90. The van der Waals surface area contributed by atoms with E-state index in [2.05, 4.69) is 0 Å². The van der Waals surface area contributed by atoms with Crippen molar-refractivity contribution >= 4 is 5.69 Å². The molecule has 0 atom stereocenters. The monoisotopic (exact) mass is 292 g/mol. The van der Waals surface area contributed by atoms with E-state index in [1.165, 1.54) is 18.2 Å². The molecule has 112 valence electrons. The van der Waals surface area contributed by atoms with E-state index in [0.29, 0.717) is 5.56 Å². The molecule has 1 aromatic rings. The first-order chi connectivity index (χ1) is 9.33. The summed E-state index contributed by atoms with van der Waals surface area (Å²) in [4.78, 5) is 11.3. The van der Waals surface area contributed by atoms with Crippen molar-refractivity contribution in [2.24, 2.45) is 0 Å². The molecule has 0 amide bonds. The molecule has 0 heterocycles. The lowest BCUT2D eigenvalue weighted by atomic mass is 10.1. The SMILES string of the molecule is O=[N+]([O-])c1ccccc1CCN(CCO)CC(F)(F)F. The van der Waals surface area contributed by atoms with Gasteiger partial charge in [0.15, 0.2) is 0 Å². The summed E-state index contributed by atoms with van der Waals surface area (Å²) < 4.78 is 37.0. The molecule has 20 heavy (non-hydrogen) atoms.